The van der Waals surface area contributed by atoms with E-state index in [0.29, 0.717) is 0 Å². The predicted molar refractivity (Wildman–Crippen MR) is 80.6 cm³/mol. The fraction of sp³-hybridized carbons (Fsp3) is 0. The second-order valence-electron chi connectivity index (χ2n) is 2.63. The van der Waals surface area contributed by atoms with Crippen LogP contribution in [0.15, 0.2) is 69.6 Å². The van der Waals surface area contributed by atoms with Gasteiger partial charge in [0, 0.05) is 28.5 Å². The normalized spacial score (nSPS) is 8.00. The van der Waals surface area contributed by atoms with Gasteiger partial charge in [-0.2, -0.15) is 0 Å². The molecule has 0 fully saturated rings. The first-order valence-electron chi connectivity index (χ1n) is 5.20. The molecule has 0 aliphatic carbocycles. The van der Waals surface area contributed by atoms with Crippen LogP contribution in [0.5, 0.6) is 0 Å². The Balaban J connectivity index is 0.000000133. The number of hydrogen-bond acceptors (Lipinski definition) is 9. The second-order valence-corrected chi connectivity index (χ2v) is 4.72. The molecule has 9 heteroatoms. The van der Waals surface area contributed by atoms with Crippen molar-refractivity contribution in [3.8, 4) is 0 Å². The fourth-order valence-electron chi connectivity index (χ4n) is 0.663. The quantitative estimate of drug-likeness (QED) is 0.492. The van der Waals surface area contributed by atoms with Gasteiger partial charge in [0.25, 0.3) is 0 Å². The van der Waals surface area contributed by atoms with E-state index in [1.54, 1.807) is 41.6 Å². The van der Waals surface area contributed by atoms with Crippen LogP contribution in [0.25, 0.3) is 0 Å². The van der Waals surface area contributed by atoms with E-state index in [1.165, 1.54) is 35.7 Å². The van der Waals surface area contributed by atoms with Crippen LogP contribution in [-0.4, -0.2) is 23.9 Å². The molecule has 0 atom stereocenters. The molecule has 0 aliphatic rings. The van der Waals surface area contributed by atoms with Crippen LogP contribution in [0, 0.1) is 0 Å². The zero-order valence-corrected chi connectivity index (χ0v) is 12.7. The van der Waals surface area contributed by atoms with Gasteiger partial charge in [0.1, 0.15) is 6.26 Å². The number of nitrogens with zero attached hydrogens (tertiary/aromatic N) is 5. The van der Waals surface area contributed by atoms with Crippen LogP contribution in [-0.2, 0) is 0 Å². The van der Waals surface area contributed by atoms with Crippen molar-refractivity contribution in [1.82, 2.24) is 23.9 Å². The Kier molecular flexibility index (Phi) is 10.8. The van der Waals surface area contributed by atoms with E-state index >= 15 is 0 Å². The van der Waals surface area contributed by atoms with Gasteiger partial charge in [-0.25, -0.2) is 9.36 Å². The first kappa shape index (κ1) is 16.1. The van der Waals surface area contributed by atoms with E-state index in [1.807, 2.05) is 22.2 Å². The van der Waals surface area contributed by atoms with Crippen LogP contribution in [0.2, 0.25) is 0 Å². The maximum absolute atomic E-state index is 4.47. The Labute approximate surface area is 128 Å². The fourth-order valence-corrected chi connectivity index (χ4v) is 1.64. The zero-order valence-electron chi connectivity index (χ0n) is 10.2. The number of rotatable bonds is 0. The lowest BCUT2D eigenvalue weighted by atomic mass is 10.8. The third kappa shape index (κ3) is 11.1. The summed E-state index contributed by atoms with van der Waals surface area (Å²) in [5, 5.41) is 9.17. The summed E-state index contributed by atoms with van der Waals surface area (Å²) in [5.74, 6) is 0. The summed E-state index contributed by atoms with van der Waals surface area (Å²) in [6.45, 7) is 0. The molecule has 4 rings (SSSR count). The summed E-state index contributed by atoms with van der Waals surface area (Å²) in [6.07, 6.45) is 9.67. The molecule has 6 nitrogen and oxygen atoms in total. The highest BCUT2D eigenvalue weighted by Gasteiger charge is 1.61. The summed E-state index contributed by atoms with van der Waals surface area (Å²) in [7, 11) is 0. The topological polar surface area (TPSA) is 77.6 Å². The van der Waals surface area contributed by atoms with Crippen LogP contribution in [0.1, 0.15) is 0 Å². The summed E-state index contributed by atoms with van der Waals surface area (Å²) in [6, 6.07) is 1.91. The maximum atomic E-state index is 4.47. The zero-order chi connectivity index (χ0) is 14.1. The molecule has 0 N–H and O–H groups in total. The molecule has 0 spiro atoms. The van der Waals surface area contributed by atoms with Crippen LogP contribution < -0.4 is 0 Å². The smallest absolute Gasteiger partial charge is 0.180 e. The van der Waals surface area contributed by atoms with E-state index in [4.69, 9.17) is 0 Å². The van der Waals surface area contributed by atoms with Crippen molar-refractivity contribution in [1.29, 1.82) is 0 Å². The molecule has 0 aromatic carbocycles. The minimum atomic E-state index is 1.35. The van der Waals surface area contributed by atoms with Gasteiger partial charge in [-0.3, -0.25) is 4.98 Å². The van der Waals surface area contributed by atoms with Crippen molar-refractivity contribution in [2.45, 2.75) is 0 Å². The van der Waals surface area contributed by atoms with Crippen LogP contribution in [0.4, 0.5) is 0 Å². The van der Waals surface area contributed by atoms with Crippen molar-refractivity contribution in [2.75, 3.05) is 0 Å². The van der Waals surface area contributed by atoms with E-state index < -0.39 is 0 Å². The predicted octanol–water partition coefficient (Wildman–Crippen LogP) is 3.50. The van der Waals surface area contributed by atoms with Gasteiger partial charge < -0.3 is 4.42 Å². The highest BCUT2D eigenvalue weighted by molar-refractivity contribution is 7.07. The minimum Gasteiger partial charge on any atom is -0.452 e. The van der Waals surface area contributed by atoms with Gasteiger partial charge in [0.2, 0.25) is 0 Å². The molecule has 104 valence electrons. The summed E-state index contributed by atoms with van der Waals surface area (Å²) < 4.78 is 11.8. The molecule has 0 radical (unpaired) electrons. The van der Waals surface area contributed by atoms with Gasteiger partial charge in [0.15, 0.2) is 6.39 Å². The number of thiazole rings is 1. The first-order valence-corrected chi connectivity index (χ1v) is 7.81. The molecule has 0 amide bonds. The third-order valence-corrected chi connectivity index (χ3v) is 2.80. The van der Waals surface area contributed by atoms with Crippen molar-refractivity contribution in [2.24, 2.45) is 0 Å². The first-order chi connectivity index (χ1) is 10.0. The lowest BCUT2D eigenvalue weighted by molar-refractivity contribution is 0.558. The van der Waals surface area contributed by atoms with E-state index in [9.17, 15) is 0 Å². The van der Waals surface area contributed by atoms with Crippen molar-refractivity contribution in [3.05, 3.63) is 65.2 Å². The average molecular weight is 325 g/mol. The van der Waals surface area contributed by atoms with Crippen LogP contribution in [0.3, 0.4) is 0 Å². The van der Waals surface area contributed by atoms with Crippen molar-refractivity contribution < 1.29 is 4.42 Å². The third-order valence-electron chi connectivity index (χ3n) is 1.32. The molecular weight excluding hydrogens is 314 g/mol. The maximum Gasteiger partial charge on any atom is 0.180 e. The lowest BCUT2D eigenvalue weighted by Crippen LogP contribution is -1.51. The average Bonchev–Trinajstić information content (AvgIpc) is 3.40. The Bertz CT molecular complexity index is 363. The van der Waals surface area contributed by atoms with E-state index in [2.05, 4.69) is 28.3 Å². The van der Waals surface area contributed by atoms with Gasteiger partial charge in [0.05, 0.1) is 17.9 Å². The molecule has 0 saturated carbocycles. The Morgan fingerprint density at radius 1 is 0.850 bits per heavy atom. The molecule has 0 unspecified atom stereocenters. The largest absolute Gasteiger partial charge is 0.452 e. The number of aromatic nitrogens is 5. The number of oxazole rings is 1. The lowest BCUT2D eigenvalue weighted by Gasteiger charge is -1.47. The molecule has 4 heterocycles. The molecule has 0 bridgehead atoms. The van der Waals surface area contributed by atoms with E-state index in [-0.39, 0.29) is 0 Å². The SMILES string of the molecule is c1cnsc1.c1cocn1.c1cscn1.c1csnn1. The van der Waals surface area contributed by atoms with Gasteiger partial charge >= 0.3 is 0 Å². The molecule has 0 aliphatic heterocycles. The standard InChI is InChI=1S/C3H3NO.2C3H3NS.C2H2N2S/c2*1-2-5-3-4-1;1-2-4-5-3-1;1-2-5-4-3-1/h3*1-3H;1-2H. The molecular formula is C11H11N5OS3. The Morgan fingerprint density at radius 2 is 1.85 bits per heavy atom. The summed E-state index contributed by atoms with van der Waals surface area (Å²) >= 11 is 4.42. The molecule has 20 heavy (non-hydrogen) atoms. The summed E-state index contributed by atoms with van der Waals surface area (Å²) in [5.41, 5.74) is 1.79. The van der Waals surface area contributed by atoms with Gasteiger partial charge in [-0.05, 0) is 29.1 Å². The van der Waals surface area contributed by atoms with Crippen LogP contribution >= 0.6 is 34.4 Å². The van der Waals surface area contributed by atoms with E-state index in [0.717, 1.165) is 0 Å². The van der Waals surface area contributed by atoms with Gasteiger partial charge in [-0.1, -0.05) is 4.49 Å². The highest BCUT2D eigenvalue weighted by atomic mass is 32.1. The minimum absolute atomic E-state index is 1.35. The monoisotopic (exact) mass is 325 g/mol. The number of hydrogen-bond donors (Lipinski definition) is 0. The highest BCUT2D eigenvalue weighted by Crippen LogP contribution is 1.86. The second kappa shape index (κ2) is 13.5. The molecule has 4 aromatic heterocycles. The van der Waals surface area contributed by atoms with Crippen molar-refractivity contribution >= 4 is 34.4 Å². The summed E-state index contributed by atoms with van der Waals surface area (Å²) in [4.78, 5) is 7.30. The molecule has 0 saturated heterocycles. The molecule has 4 aromatic rings. The van der Waals surface area contributed by atoms with Gasteiger partial charge in [-0.15, -0.1) is 16.4 Å². The Hall–Kier alpha value is -1.97. The Morgan fingerprint density at radius 3 is 2.05 bits per heavy atom. The van der Waals surface area contributed by atoms with Crippen molar-refractivity contribution in [3.63, 3.8) is 0 Å².